The van der Waals surface area contributed by atoms with Gasteiger partial charge >= 0.3 is 11.9 Å². The van der Waals surface area contributed by atoms with Gasteiger partial charge in [-0.15, -0.1) is 0 Å². The predicted octanol–water partition coefficient (Wildman–Crippen LogP) is 6.83. The van der Waals surface area contributed by atoms with Crippen molar-refractivity contribution in [3.05, 3.63) is 126 Å². The fraction of sp³-hybridized carbons (Fsp3) is 0.319. The number of methoxy groups -OCH3 is 2. The number of carbonyl (C=O) groups is 6. The fourth-order valence-corrected chi connectivity index (χ4v) is 8.24. The standard InChI is InChI=1S/C47H47N3O9/c1-57-43(52)28-36(31-11-5-3-6-12-31)46(55)49-23-9-15-38(49)40(51)26-30-17-22-41-34(25-30)27-42(59-41)33-18-20-35(21-19-33)48-45(54)39-16-10-24-50(39)47(56)37(29-44(53)58-2)32-13-7-4-8-14-32/h3-8,11-14,17-22,25,27,36-39H,9-10,15-16,23-24,26,28-29H2,1-2H3,(H,48,54)/t36-,37-,38+,39+/m1/s1. The topological polar surface area (TPSA) is 153 Å². The molecule has 1 aromatic heterocycles. The fourth-order valence-electron chi connectivity index (χ4n) is 8.24. The summed E-state index contributed by atoms with van der Waals surface area (Å²) >= 11 is 0. The zero-order chi connectivity index (χ0) is 41.5. The predicted molar refractivity (Wildman–Crippen MR) is 220 cm³/mol. The lowest BCUT2D eigenvalue weighted by Gasteiger charge is -2.28. The first-order valence-electron chi connectivity index (χ1n) is 19.9. The van der Waals surface area contributed by atoms with E-state index in [9.17, 15) is 28.8 Å². The molecule has 0 aliphatic carbocycles. The van der Waals surface area contributed by atoms with Gasteiger partial charge in [-0.2, -0.15) is 0 Å². The van der Waals surface area contributed by atoms with E-state index in [1.807, 2.05) is 84.9 Å². The number of rotatable bonds is 14. The zero-order valence-corrected chi connectivity index (χ0v) is 33.1. The molecule has 3 amide bonds. The summed E-state index contributed by atoms with van der Waals surface area (Å²) in [5.41, 5.74) is 4.17. The summed E-state index contributed by atoms with van der Waals surface area (Å²) in [5, 5.41) is 3.77. The Labute approximate surface area is 342 Å². The number of carbonyl (C=O) groups excluding carboxylic acids is 6. The number of hydrogen-bond acceptors (Lipinski definition) is 9. The average molecular weight is 798 g/mol. The SMILES string of the molecule is COC(=O)C[C@@H](C(=O)N1CCC[C@H]1C(=O)Cc1ccc2oc(-c3ccc(NC(=O)[C@@H]4CCCN4C(=O)[C@H](CC(=O)OC)c4ccccc4)cc3)cc2c1)c1ccccc1. The molecule has 2 aliphatic heterocycles. The molecule has 0 bridgehead atoms. The highest BCUT2D eigenvalue weighted by molar-refractivity contribution is 5.99. The van der Waals surface area contributed by atoms with Crippen LogP contribution in [0.15, 0.2) is 114 Å². The summed E-state index contributed by atoms with van der Waals surface area (Å²) in [6, 6.07) is 31.6. The number of likely N-dealkylation sites (tertiary alicyclic amines) is 2. The van der Waals surface area contributed by atoms with Gasteiger partial charge < -0.3 is 29.0 Å². The van der Waals surface area contributed by atoms with Crippen molar-refractivity contribution in [1.29, 1.82) is 0 Å². The van der Waals surface area contributed by atoms with Crippen molar-refractivity contribution >= 4 is 52.1 Å². The Morgan fingerprint density at radius 1 is 0.678 bits per heavy atom. The normalized spacial score (nSPS) is 17.3. The molecule has 3 heterocycles. The van der Waals surface area contributed by atoms with Gasteiger partial charge in [-0.3, -0.25) is 28.8 Å². The molecule has 12 heteroatoms. The maximum Gasteiger partial charge on any atom is 0.306 e. The third-order valence-electron chi connectivity index (χ3n) is 11.3. The van der Waals surface area contributed by atoms with Gasteiger partial charge in [-0.05, 0) is 84.8 Å². The smallest absolute Gasteiger partial charge is 0.306 e. The van der Waals surface area contributed by atoms with Crippen molar-refractivity contribution in [3.63, 3.8) is 0 Å². The van der Waals surface area contributed by atoms with Crippen LogP contribution in [-0.2, 0) is 44.7 Å². The van der Waals surface area contributed by atoms with Gasteiger partial charge in [0.15, 0.2) is 5.78 Å². The lowest BCUT2D eigenvalue weighted by molar-refractivity contribution is -0.146. The first-order chi connectivity index (χ1) is 28.6. The Bertz CT molecular complexity index is 2320. The molecule has 0 unspecified atom stereocenters. The van der Waals surface area contributed by atoms with Crippen molar-refractivity contribution in [3.8, 4) is 11.3 Å². The van der Waals surface area contributed by atoms with Crippen LogP contribution >= 0.6 is 0 Å². The van der Waals surface area contributed by atoms with Crippen LogP contribution < -0.4 is 5.32 Å². The van der Waals surface area contributed by atoms with E-state index in [4.69, 9.17) is 13.9 Å². The van der Waals surface area contributed by atoms with Gasteiger partial charge in [-0.1, -0.05) is 66.7 Å². The molecule has 1 N–H and O–H groups in total. The highest BCUT2D eigenvalue weighted by Gasteiger charge is 2.40. The number of furan rings is 1. The average Bonchev–Trinajstić information content (AvgIpc) is 4.06. The Kier molecular flexibility index (Phi) is 12.6. The van der Waals surface area contributed by atoms with Gasteiger partial charge in [0.05, 0.1) is 44.9 Å². The second kappa shape index (κ2) is 18.4. The van der Waals surface area contributed by atoms with E-state index in [1.165, 1.54) is 14.2 Å². The second-order valence-electron chi connectivity index (χ2n) is 15.1. The summed E-state index contributed by atoms with van der Waals surface area (Å²) in [5.74, 6) is -2.79. The molecule has 4 atom stereocenters. The number of nitrogens with one attached hydrogen (secondary N) is 1. The maximum atomic E-state index is 13.9. The van der Waals surface area contributed by atoms with Gasteiger partial charge in [0.2, 0.25) is 17.7 Å². The van der Waals surface area contributed by atoms with E-state index in [0.29, 0.717) is 66.9 Å². The molecule has 2 saturated heterocycles. The van der Waals surface area contributed by atoms with Crippen LogP contribution in [0.4, 0.5) is 5.69 Å². The van der Waals surface area contributed by atoms with E-state index in [2.05, 4.69) is 5.32 Å². The minimum Gasteiger partial charge on any atom is -0.469 e. The van der Waals surface area contributed by atoms with Gasteiger partial charge in [0, 0.05) is 36.1 Å². The number of anilines is 1. The van der Waals surface area contributed by atoms with Crippen LogP contribution in [0, 0.1) is 0 Å². The van der Waals surface area contributed by atoms with Crippen LogP contribution in [0.1, 0.15) is 67.1 Å². The summed E-state index contributed by atoms with van der Waals surface area (Å²) in [6.07, 6.45) is 2.33. The molecule has 304 valence electrons. The molecule has 0 radical (unpaired) electrons. The molecule has 0 spiro atoms. The van der Waals surface area contributed by atoms with Gasteiger partial charge in [0.25, 0.3) is 0 Å². The largest absolute Gasteiger partial charge is 0.469 e. The van der Waals surface area contributed by atoms with Crippen molar-refractivity contribution in [2.75, 3.05) is 32.6 Å². The first kappa shape index (κ1) is 40.6. The number of amides is 3. The van der Waals surface area contributed by atoms with Crippen LogP contribution in [0.5, 0.6) is 0 Å². The number of hydrogen-bond donors (Lipinski definition) is 1. The zero-order valence-electron chi connectivity index (χ0n) is 33.1. The van der Waals surface area contributed by atoms with Crippen LogP contribution in [0.25, 0.3) is 22.3 Å². The summed E-state index contributed by atoms with van der Waals surface area (Å²) in [7, 11) is 2.59. The van der Waals surface area contributed by atoms with E-state index in [-0.39, 0.29) is 42.8 Å². The molecule has 5 aromatic rings. The van der Waals surface area contributed by atoms with Crippen molar-refractivity contribution < 1.29 is 42.7 Å². The van der Waals surface area contributed by atoms with E-state index in [0.717, 1.165) is 16.5 Å². The molecule has 2 aliphatic rings. The Morgan fingerprint density at radius 3 is 1.78 bits per heavy atom. The number of benzene rings is 4. The highest BCUT2D eigenvalue weighted by atomic mass is 16.5. The molecule has 59 heavy (non-hydrogen) atoms. The molecule has 2 fully saturated rings. The summed E-state index contributed by atoms with van der Waals surface area (Å²) < 4.78 is 15.9. The van der Waals surface area contributed by atoms with Crippen LogP contribution in [0.2, 0.25) is 0 Å². The molecule has 0 saturated carbocycles. The Morgan fingerprint density at radius 2 is 1.22 bits per heavy atom. The number of Topliss-reactive ketones (excluding diaryl/α,β-unsaturated/α-hetero) is 1. The lowest BCUT2D eigenvalue weighted by Crippen LogP contribution is -2.45. The quantitative estimate of drug-likeness (QED) is 0.119. The van der Waals surface area contributed by atoms with Crippen LogP contribution in [0.3, 0.4) is 0 Å². The van der Waals surface area contributed by atoms with Gasteiger partial charge in [0.1, 0.15) is 17.4 Å². The Balaban J connectivity index is 0.991. The molecule has 7 rings (SSSR count). The van der Waals surface area contributed by atoms with Crippen LogP contribution in [-0.4, -0.2) is 84.6 Å². The van der Waals surface area contributed by atoms with E-state index < -0.39 is 35.9 Å². The maximum absolute atomic E-state index is 13.9. The number of ketones is 1. The molecular formula is C47H47N3O9. The van der Waals surface area contributed by atoms with E-state index >= 15 is 0 Å². The number of ether oxygens (including phenoxy) is 2. The number of nitrogens with zero attached hydrogens (tertiary/aromatic N) is 2. The second-order valence-corrected chi connectivity index (χ2v) is 15.1. The first-order valence-corrected chi connectivity index (χ1v) is 19.9. The minimum atomic E-state index is -0.760. The molecular weight excluding hydrogens is 751 g/mol. The third kappa shape index (κ3) is 9.27. The number of esters is 2. The summed E-state index contributed by atoms with van der Waals surface area (Å²) in [6.45, 7) is 0.855. The molecule has 4 aromatic carbocycles. The van der Waals surface area contributed by atoms with Crippen molar-refractivity contribution in [2.45, 2.75) is 68.9 Å². The summed E-state index contributed by atoms with van der Waals surface area (Å²) in [4.78, 5) is 82.7. The highest BCUT2D eigenvalue weighted by Crippen LogP contribution is 2.33. The monoisotopic (exact) mass is 797 g/mol. The Hall–Kier alpha value is -6.56. The lowest BCUT2D eigenvalue weighted by atomic mass is 9.93. The number of fused-ring (bicyclic) bond motifs is 1. The van der Waals surface area contributed by atoms with Crippen molar-refractivity contribution in [2.24, 2.45) is 0 Å². The van der Waals surface area contributed by atoms with Gasteiger partial charge in [-0.25, -0.2) is 0 Å². The molecule has 12 nitrogen and oxygen atoms in total. The van der Waals surface area contributed by atoms with Crippen molar-refractivity contribution in [1.82, 2.24) is 9.80 Å². The minimum absolute atomic E-state index is 0.0660. The third-order valence-corrected chi connectivity index (χ3v) is 11.3. The van der Waals surface area contributed by atoms with E-state index in [1.54, 1.807) is 34.1 Å².